The first kappa shape index (κ1) is 21.3. The summed E-state index contributed by atoms with van der Waals surface area (Å²) in [5.74, 6) is 1.01. The summed E-state index contributed by atoms with van der Waals surface area (Å²) in [4.78, 5) is 17.4. The van der Waals surface area contributed by atoms with Gasteiger partial charge in [0.25, 0.3) is 5.91 Å². The molecule has 0 radical (unpaired) electrons. The molecule has 0 aliphatic heterocycles. The van der Waals surface area contributed by atoms with Gasteiger partial charge in [-0.1, -0.05) is 44.0 Å². The first-order valence-corrected chi connectivity index (χ1v) is 11.2. The van der Waals surface area contributed by atoms with Gasteiger partial charge in [-0.3, -0.25) is 4.79 Å². The van der Waals surface area contributed by atoms with E-state index in [-0.39, 0.29) is 5.82 Å². The van der Waals surface area contributed by atoms with Crippen molar-refractivity contribution >= 4 is 43.5 Å². The van der Waals surface area contributed by atoms with Gasteiger partial charge < -0.3 is 10.1 Å². The molecule has 4 aromatic rings. The molecule has 0 saturated carbocycles. The van der Waals surface area contributed by atoms with E-state index in [1.54, 1.807) is 28.9 Å². The lowest BCUT2D eigenvalue weighted by Crippen LogP contribution is -2.14. The van der Waals surface area contributed by atoms with Crippen molar-refractivity contribution in [1.82, 2.24) is 14.8 Å². The van der Waals surface area contributed by atoms with E-state index >= 15 is 0 Å². The molecule has 0 unspecified atom stereocenters. The van der Waals surface area contributed by atoms with E-state index in [0.29, 0.717) is 18.1 Å². The summed E-state index contributed by atoms with van der Waals surface area (Å²) in [7, 11) is 0. The number of rotatable bonds is 6. The molecule has 1 amide bonds. The lowest BCUT2D eigenvalue weighted by molar-refractivity contribution is 0.101. The predicted octanol–water partition coefficient (Wildman–Crippen LogP) is 6.11. The molecule has 0 aliphatic rings. The van der Waals surface area contributed by atoms with Crippen LogP contribution in [0, 0.1) is 0 Å². The van der Waals surface area contributed by atoms with Gasteiger partial charge in [-0.15, -0.1) is 5.10 Å². The number of amides is 1. The zero-order chi connectivity index (χ0) is 21.8. The molecule has 0 fully saturated rings. The Balaban J connectivity index is 1.67. The van der Waals surface area contributed by atoms with Gasteiger partial charge in [0.2, 0.25) is 5.82 Å². The van der Waals surface area contributed by atoms with Gasteiger partial charge in [-0.05, 0) is 67.6 Å². The molecule has 3 aromatic carbocycles. The van der Waals surface area contributed by atoms with Crippen molar-refractivity contribution in [2.45, 2.75) is 6.92 Å². The van der Waals surface area contributed by atoms with Crippen LogP contribution in [-0.2, 0) is 0 Å². The molecule has 1 heterocycles. The maximum Gasteiger partial charge on any atom is 0.295 e. The largest absolute Gasteiger partial charge is 0.494 e. The van der Waals surface area contributed by atoms with Gasteiger partial charge in [0.05, 0.1) is 12.3 Å². The Morgan fingerprint density at radius 2 is 1.55 bits per heavy atom. The van der Waals surface area contributed by atoms with Crippen molar-refractivity contribution in [2.24, 2.45) is 0 Å². The number of carbonyl (C=O) groups is 1. The van der Waals surface area contributed by atoms with Crippen LogP contribution in [0.1, 0.15) is 17.5 Å². The summed E-state index contributed by atoms with van der Waals surface area (Å²) in [5.41, 5.74) is 2.28. The molecule has 0 bridgehead atoms. The van der Waals surface area contributed by atoms with E-state index in [0.717, 1.165) is 25.9 Å². The van der Waals surface area contributed by atoms with Crippen LogP contribution in [0.4, 0.5) is 5.69 Å². The first-order chi connectivity index (χ1) is 15.0. The van der Waals surface area contributed by atoms with E-state index in [1.165, 1.54) is 0 Å². The fourth-order valence-corrected chi connectivity index (χ4v) is 3.47. The number of aromatic nitrogens is 3. The molecule has 0 spiro atoms. The molecule has 0 aliphatic carbocycles. The Kier molecular flexibility index (Phi) is 6.48. The van der Waals surface area contributed by atoms with Crippen LogP contribution in [0.2, 0.25) is 0 Å². The standard InChI is InChI=1S/C23H18Br2N4O2/c1-2-31-20-13-9-18(10-14-20)26-23(30)21-27-22(15-3-5-16(24)6-4-15)29(28-21)19-11-7-17(25)8-12-19/h3-14H,2H2,1H3,(H,26,30). The molecule has 156 valence electrons. The third-order valence-corrected chi connectivity index (χ3v) is 5.46. The van der Waals surface area contributed by atoms with E-state index in [4.69, 9.17) is 4.74 Å². The lowest BCUT2D eigenvalue weighted by atomic mass is 10.2. The van der Waals surface area contributed by atoms with E-state index < -0.39 is 5.91 Å². The normalized spacial score (nSPS) is 10.7. The molecular formula is C23H18Br2N4O2. The Morgan fingerprint density at radius 3 is 2.16 bits per heavy atom. The second-order valence-electron chi connectivity index (χ2n) is 6.57. The fourth-order valence-electron chi connectivity index (χ4n) is 2.94. The Morgan fingerprint density at radius 1 is 0.935 bits per heavy atom. The average Bonchev–Trinajstić information content (AvgIpc) is 3.22. The quantitative estimate of drug-likeness (QED) is 0.320. The molecule has 0 atom stereocenters. The number of ether oxygens (including phenoxy) is 1. The summed E-state index contributed by atoms with van der Waals surface area (Å²) in [6.45, 7) is 2.51. The van der Waals surface area contributed by atoms with Crippen LogP contribution in [0.3, 0.4) is 0 Å². The zero-order valence-electron chi connectivity index (χ0n) is 16.5. The van der Waals surface area contributed by atoms with Crippen LogP contribution in [0.5, 0.6) is 5.75 Å². The second kappa shape index (κ2) is 9.45. The monoisotopic (exact) mass is 540 g/mol. The highest BCUT2D eigenvalue weighted by molar-refractivity contribution is 9.10. The molecule has 1 N–H and O–H groups in total. The summed E-state index contributed by atoms with van der Waals surface area (Å²) in [6.07, 6.45) is 0. The summed E-state index contributed by atoms with van der Waals surface area (Å²) >= 11 is 6.89. The smallest absolute Gasteiger partial charge is 0.295 e. The molecule has 8 heteroatoms. The van der Waals surface area contributed by atoms with Crippen LogP contribution < -0.4 is 10.1 Å². The Bertz CT molecular complexity index is 1120. The van der Waals surface area contributed by atoms with Gasteiger partial charge in [-0.2, -0.15) is 0 Å². The predicted molar refractivity (Wildman–Crippen MR) is 128 cm³/mol. The number of nitrogens with one attached hydrogen (secondary N) is 1. The molecule has 1 aromatic heterocycles. The van der Waals surface area contributed by atoms with Gasteiger partial charge in [0.1, 0.15) is 5.75 Å². The Hall–Kier alpha value is -2.97. The van der Waals surface area contributed by atoms with Gasteiger partial charge >= 0.3 is 0 Å². The SMILES string of the molecule is CCOc1ccc(NC(=O)c2nc(-c3ccc(Br)cc3)n(-c3ccc(Br)cc3)n2)cc1. The number of halogens is 2. The van der Waals surface area contributed by atoms with Crippen LogP contribution in [0.25, 0.3) is 17.1 Å². The highest BCUT2D eigenvalue weighted by Crippen LogP contribution is 2.24. The van der Waals surface area contributed by atoms with Gasteiger partial charge in [-0.25, -0.2) is 9.67 Å². The van der Waals surface area contributed by atoms with Crippen molar-refractivity contribution in [1.29, 1.82) is 0 Å². The van der Waals surface area contributed by atoms with Crippen LogP contribution in [0.15, 0.2) is 81.7 Å². The van der Waals surface area contributed by atoms with Crippen LogP contribution in [-0.4, -0.2) is 27.3 Å². The number of anilines is 1. The summed E-state index contributed by atoms with van der Waals surface area (Å²) < 4.78 is 9.02. The fraction of sp³-hybridized carbons (Fsp3) is 0.0870. The molecule has 6 nitrogen and oxygen atoms in total. The maximum absolute atomic E-state index is 12.9. The third-order valence-electron chi connectivity index (χ3n) is 4.41. The van der Waals surface area contributed by atoms with E-state index in [1.807, 2.05) is 55.5 Å². The van der Waals surface area contributed by atoms with Gasteiger partial charge in [0.15, 0.2) is 5.82 Å². The van der Waals surface area contributed by atoms with E-state index in [2.05, 4.69) is 47.3 Å². The van der Waals surface area contributed by atoms with Crippen molar-refractivity contribution < 1.29 is 9.53 Å². The second-order valence-corrected chi connectivity index (χ2v) is 8.40. The van der Waals surface area contributed by atoms with Crippen molar-refractivity contribution in [2.75, 3.05) is 11.9 Å². The average molecular weight is 542 g/mol. The number of hydrogen-bond donors (Lipinski definition) is 1. The lowest BCUT2D eigenvalue weighted by Gasteiger charge is -2.06. The van der Waals surface area contributed by atoms with Crippen molar-refractivity contribution in [3.63, 3.8) is 0 Å². The maximum atomic E-state index is 12.9. The topological polar surface area (TPSA) is 69.0 Å². The summed E-state index contributed by atoms with van der Waals surface area (Å²) in [5, 5.41) is 7.34. The molecule has 0 saturated heterocycles. The molecule has 31 heavy (non-hydrogen) atoms. The highest BCUT2D eigenvalue weighted by atomic mass is 79.9. The van der Waals surface area contributed by atoms with Crippen molar-refractivity contribution in [3.05, 3.63) is 87.6 Å². The minimum absolute atomic E-state index is 0.0784. The zero-order valence-corrected chi connectivity index (χ0v) is 19.7. The highest BCUT2D eigenvalue weighted by Gasteiger charge is 2.19. The third kappa shape index (κ3) is 5.03. The molecular weight excluding hydrogens is 524 g/mol. The number of nitrogens with zero attached hydrogens (tertiary/aromatic N) is 3. The van der Waals surface area contributed by atoms with Crippen molar-refractivity contribution in [3.8, 4) is 22.8 Å². The van der Waals surface area contributed by atoms with E-state index in [9.17, 15) is 4.79 Å². The van der Waals surface area contributed by atoms with Gasteiger partial charge in [0, 0.05) is 20.2 Å². The minimum Gasteiger partial charge on any atom is -0.494 e. The Labute approximate surface area is 196 Å². The number of benzene rings is 3. The summed E-state index contributed by atoms with van der Waals surface area (Å²) in [6, 6.07) is 22.5. The minimum atomic E-state index is -0.390. The van der Waals surface area contributed by atoms with Crippen LogP contribution >= 0.6 is 31.9 Å². The molecule has 4 rings (SSSR count). The number of hydrogen-bond acceptors (Lipinski definition) is 4. The number of carbonyl (C=O) groups excluding carboxylic acids is 1. The first-order valence-electron chi connectivity index (χ1n) is 9.56.